The van der Waals surface area contributed by atoms with Gasteiger partial charge in [-0.15, -0.1) is 22.7 Å². The fourth-order valence-corrected chi connectivity index (χ4v) is 10.1. The van der Waals surface area contributed by atoms with Gasteiger partial charge in [0, 0.05) is 40.3 Å². The van der Waals surface area contributed by atoms with Crippen LogP contribution < -0.4 is 0 Å². The quantitative estimate of drug-likeness (QED) is 0.164. The Morgan fingerprint density at radius 3 is 1.22 bits per heavy atom. The van der Waals surface area contributed by atoms with E-state index in [4.69, 9.17) is 0 Å². The van der Waals surface area contributed by atoms with Crippen molar-refractivity contribution in [1.29, 1.82) is 0 Å². The molecule has 2 heteroatoms. The van der Waals surface area contributed by atoms with Crippen LogP contribution in [0.3, 0.4) is 0 Å². The molecule has 2 heterocycles. The van der Waals surface area contributed by atoms with E-state index in [0.29, 0.717) is 0 Å². The highest BCUT2D eigenvalue weighted by Gasteiger charge is 2.14. The first kappa shape index (κ1) is 28.1. The number of thiophene rings is 2. The minimum atomic E-state index is 1.22. The lowest BCUT2D eigenvalue weighted by Gasteiger charge is -2.14. The van der Waals surface area contributed by atoms with E-state index in [1.54, 1.807) is 0 Å². The molecular formula is C48H28S2. The molecule has 11 aromatic rings. The average molecular weight is 669 g/mol. The van der Waals surface area contributed by atoms with Crippen LogP contribution in [0, 0.1) is 0 Å². The van der Waals surface area contributed by atoms with Gasteiger partial charge in [-0.1, -0.05) is 109 Å². The van der Waals surface area contributed by atoms with Gasteiger partial charge in [-0.25, -0.2) is 0 Å². The summed E-state index contributed by atoms with van der Waals surface area (Å²) in [5, 5.41) is 13.0. The van der Waals surface area contributed by atoms with E-state index < -0.39 is 0 Å². The smallest absolute Gasteiger partial charge is 0.0355 e. The zero-order valence-corrected chi connectivity index (χ0v) is 28.6. The van der Waals surface area contributed by atoms with Gasteiger partial charge in [-0.2, -0.15) is 0 Å². The molecule has 232 valence electrons. The second-order valence-corrected chi connectivity index (χ2v) is 15.5. The van der Waals surface area contributed by atoms with Gasteiger partial charge < -0.3 is 0 Å². The Kier molecular flexibility index (Phi) is 6.09. The SMILES string of the molecule is c1ccc2c(c1)ccc1ccc3ccc(-c4cc(-c5ccc6sc7ccccc7c6c5)cc(-c5ccc6sc7ccccc7c6c5)c4)cc3c12. The standard InChI is InChI=1S/C48H28S2/c1-2-8-38-29(7-1)13-16-31-17-14-30-15-18-32(26-41(30)48(31)38)35-23-36(33-19-21-46-42(27-33)39-9-3-5-11-44(39)49-46)25-37(24-35)34-20-22-47-43(28-34)40-10-4-6-12-45(40)50-47/h1-28H. The zero-order chi connectivity index (χ0) is 32.8. The van der Waals surface area contributed by atoms with E-state index in [1.807, 2.05) is 22.7 Å². The molecule has 0 aliphatic rings. The Labute approximate surface area is 297 Å². The fraction of sp³-hybridized carbons (Fsp3) is 0. The Morgan fingerprint density at radius 1 is 0.240 bits per heavy atom. The second-order valence-electron chi connectivity index (χ2n) is 13.3. The maximum Gasteiger partial charge on any atom is 0.0355 e. The van der Waals surface area contributed by atoms with Crippen molar-refractivity contribution < 1.29 is 0 Å². The minimum absolute atomic E-state index is 1.22. The first-order valence-electron chi connectivity index (χ1n) is 17.1. The summed E-state index contributed by atoms with van der Waals surface area (Å²) in [7, 11) is 0. The molecule has 0 saturated heterocycles. The third kappa shape index (κ3) is 4.36. The summed E-state index contributed by atoms with van der Waals surface area (Å²) in [5.41, 5.74) is 7.39. The molecule has 0 fully saturated rings. The molecule has 0 aliphatic carbocycles. The number of rotatable bonds is 3. The predicted octanol–water partition coefficient (Wildman–Crippen LogP) is 14.9. The average Bonchev–Trinajstić information content (AvgIpc) is 3.75. The molecule has 0 saturated carbocycles. The lowest BCUT2D eigenvalue weighted by atomic mass is 9.90. The Bertz CT molecular complexity index is 3020. The molecule has 0 bridgehead atoms. The molecule has 11 rings (SSSR count). The van der Waals surface area contributed by atoms with Gasteiger partial charge >= 0.3 is 0 Å². The highest BCUT2D eigenvalue weighted by atomic mass is 32.1. The first-order chi connectivity index (χ1) is 24.7. The van der Waals surface area contributed by atoms with Crippen LogP contribution in [-0.4, -0.2) is 0 Å². The highest BCUT2D eigenvalue weighted by molar-refractivity contribution is 7.26. The lowest BCUT2D eigenvalue weighted by molar-refractivity contribution is 1.60. The summed E-state index contributed by atoms with van der Waals surface area (Å²) >= 11 is 3.74. The van der Waals surface area contributed by atoms with Crippen LogP contribution in [-0.2, 0) is 0 Å². The molecule has 0 atom stereocenters. The van der Waals surface area contributed by atoms with E-state index >= 15 is 0 Å². The molecule has 0 spiro atoms. The molecule has 0 nitrogen and oxygen atoms in total. The zero-order valence-electron chi connectivity index (χ0n) is 27.0. The summed E-state index contributed by atoms with van der Waals surface area (Å²) in [6.45, 7) is 0. The first-order valence-corrected chi connectivity index (χ1v) is 18.7. The third-order valence-electron chi connectivity index (χ3n) is 10.4. The van der Waals surface area contributed by atoms with E-state index in [0.717, 1.165) is 0 Å². The van der Waals surface area contributed by atoms with Crippen LogP contribution in [0.5, 0.6) is 0 Å². The van der Waals surface area contributed by atoms with Crippen LogP contribution in [0.4, 0.5) is 0 Å². The Balaban J connectivity index is 1.16. The molecule has 0 unspecified atom stereocenters. The van der Waals surface area contributed by atoms with Crippen molar-refractivity contribution in [1.82, 2.24) is 0 Å². The van der Waals surface area contributed by atoms with Gasteiger partial charge in [0.25, 0.3) is 0 Å². The van der Waals surface area contributed by atoms with Gasteiger partial charge in [-0.05, 0) is 126 Å². The molecule has 0 N–H and O–H groups in total. The Hall–Kier alpha value is -5.80. The number of hydrogen-bond acceptors (Lipinski definition) is 2. The molecule has 2 aromatic heterocycles. The number of hydrogen-bond donors (Lipinski definition) is 0. The van der Waals surface area contributed by atoms with E-state index in [-0.39, 0.29) is 0 Å². The summed E-state index contributed by atoms with van der Waals surface area (Å²) < 4.78 is 5.33. The topological polar surface area (TPSA) is 0 Å². The molecule has 0 amide bonds. The Morgan fingerprint density at radius 2 is 0.640 bits per heavy atom. The highest BCUT2D eigenvalue weighted by Crippen LogP contribution is 2.42. The third-order valence-corrected chi connectivity index (χ3v) is 12.7. The van der Waals surface area contributed by atoms with Crippen molar-refractivity contribution in [2.24, 2.45) is 0 Å². The van der Waals surface area contributed by atoms with Gasteiger partial charge in [0.05, 0.1) is 0 Å². The van der Waals surface area contributed by atoms with Crippen LogP contribution in [0.1, 0.15) is 0 Å². The fourth-order valence-electron chi connectivity index (χ4n) is 7.94. The van der Waals surface area contributed by atoms with Gasteiger partial charge in [0.15, 0.2) is 0 Å². The number of benzene rings is 9. The van der Waals surface area contributed by atoms with Crippen molar-refractivity contribution in [2.45, 2.75) is 0 Å². The normalized spacial score (nSPS) is 12.0. The van der Waals surface area contributed by atoms with E-state index in [9.17, 15) is 0 Å². The minimum Gasteiger partial charge on any atom is -0.135 e. The van der Waals surface area contributed by atoms with Crippen molar-refractivity contribution in [3.8, 4) is 33.4 Å². The maximum atomic E-state index is 2.41. The second kappa shape index (κ2) is 10.9. The summed E-state index contributed by atoms with van der Waals surface area (Å²) in [4.78, 5) is 0. The summed E-state index contributed by atoms with van der Waals surface area (Å²) in [6, 6.07) is 63.5. The van der Waals surface area contributed by atoms with Crippen molar-refractivity contribution in [3.05, 3.63) is 170 Å². The van der Waals surface area contributed by atoms with Crippen LogP contribution >= 0.6 is 22.7 Å². The van der Waals surface area contributed by atoms with Crippen LogP contribution in [0.25, 0.3) is 106 Å². The summed E-state index contributed by atoms with van der Waals surface area (Å²) in [6.07, 6.45) is 0. The summed E-state index contributed by atoms with van der Waals surface area (Å²) in [5.74, 6) is 0. The lowest BCUT2D eigenvalue weighted by Crippen LogP contribution is -1.87. The van der Waals surface area contributed by atoms with Crippen LogP contribution in [0.2, 0.25) is 0 Å². The maximum absolute atomic E-state index is 2.41. The van der Waals surface area contributed by atoms with Gasteiger partial charge in [0.1, 0.15) is 0 Å². The monoisotopic (exact) mass is 668 g/mol. The van der Waals surface area contributed by atoms with Crippen molar-refractivity contribution in [3.63, 3.8) is 0 Å². The van der Waals surface area contributed by atoms with Crippen molar-refractivity contribution >= 4 is 95.3 Å². The molecular weight excluding hydrogens is 641 g/mol. The van der Waals surface area contributed by atoms with Crippen LogP contribution in [0.15, 0.2) is 170 Å². The largest absolute Gasteiger partial charge is 0.135 e. The molecule has 0 radical (unpaired) electrons. The van der Waals surface area contributed by atoms with E-state index in [2.05, 4.69) is 170 Å². The van der Waals surface area contributed by atoms with E-state index in [1.165, 1.54) is 106 Å². The molecule has 50 heavy (non-hydrogen) atoms. The molecule has 9 aromatic carbocycles. The molecule has 0 aliphatic heterocycles. The van der Waals surface area contributed by atoms with Gasteiger partial charge in [-0.3, -0.25) is 0 Å². The van der Waals surface area contributed by atoms with Gasteiger partial charge in [0.2, 0.25) is 0 Å². The predicted molar refractivity (Wildman–Crippen MR) is 221 cm³/mol. The van der Waals surface area contributed by atoms with Crippen molar-refractivity contribution in [2.75, 3.05) is 0 Å². The number of fused-ring (bicyclic) bond motifs is 11.